The van der Waals surface area contributed by atoms with E-state index in [-0.39, 0.29) is 12.5 Å². The number of carbonyl (C=O) groups excluding carboxylic acids is 1. The number of rotatable bonds is 3. The molecule has 7 heteroatoms. The fraction of sp³-hybridized carbons (Fsp3) is 0.917. The van der Waals surface area contributed by atoms with E-state index in [0.29, 0.717) is 30.6 Å². The highest BCUT2D eigenvalue weighted by Gasteiger charge is 2.30. The molecule has 0 spiro atoms. The average Bonchev–Trinajstić information content (AvgIpc) is 2.39. The van der Waals surface area contributed by atoms with Crippen LogP contribution >= 0.6 is 0 Å². The number of carbonyl (C=O) groups is 1. The molecule has 0 aliphatic carbocycles. The van der Waals surface area contributed by atoms with E-state index < -0.39 is 9.84 Å². The summed E-state index contributed by atoms with van der Waals surface area (Å²) in [5.74, 6) is 0.648. The van der Waals surface area contributed by atoms with Crippen molar-refractivity contribution in [3.8, 4) is 0 Å². The van der Waals surface area contributed by atoms with Gasteiger partial charge in [0.1, 0.15) is 16.4 Å². The van der Waals surface area contributed by atoms with Crippen molar-refractivity contribution < 1.29 is 17.9 Å². The van der Waals surface area contributed by atoms with E-state index in [2.05, 4.69) is 4.90 Å². The molecule has 0 unspecified atom stereocenters. The first kappa shape index (κ1) is 14.7. The lowest BCUT2D eigenvalue weighted by Gasteiger charge is -2.40. The molecule has 2 heterocycles. The molecule has 19 heavy (non-hydrogen) atoms. The van der Waals surface area contributed by atoms with Crippen LogP contribution in [0.15, 0.2) is 0 Å². The Kier molecular flexibility index (Phi) is 4.81. The average molecular weight is 290 g/mol. The van der Waals surface area contributed by atoms with Crippen LogP contribution in [0.25, 0.3) is 0 Å². The molecule has 0 aromatic carbocycles. The normalized spacial score (nSPS) is 25.4. The van der Waals surface area contributed by atoms with Gasteiger partial charge in [0, 0.05) is 39.3 Å². The van der Waals surface area contributed by atoms with Gasteiger partial charge in [0.25, 0.3) is 0 Å². The Balaban J connectivity index is 1.79. The van der Waals surface area contributed by atoms with Crippen molar-refractivity contribution in [3.05, 3.63) is 0 Å². The minimum Gasteiger partial charge on any atom is -0.375 e. The Morgan fingerprint density at radius 1 is 1.16 bits per heavy atom. The van der Waals surface area contributed by atoms with E-state index in [1.165, 1.54) is 7.11 Å². The Bertz CT molecular complexity index is 401. The summed E-state index contributed by atoms with van der Waals surface area (Å²) in [7, 11) is -1.27. The van der Waals surface area contributed by atoms with Gasteiger partial charge in [-0.05, 0) is 12.8 Å². The van der Waals surface area contributed by atoms with Gasteiger partial charge < -0.3 is 9.64 Å². The molecule has 0 aromatic rings. The SMILES string of the molecule is COCC(=O)N1CCN(C2CCS(=O)(=O)CC2)CC1. The topological polar surface area (TPSA) is 66.9 Å². The van der Waals surface area contributed by atoms with Gasteiger partial charge in [0.15, 0.2) is 0 Å². The van der Waals surface area contributed by atoms with E-state index in [0.717, 1.165) is 25.9 Å². The lowest BCUT2D eigenvalue weighted by Crippen LogP contribution is -2.54. The van der Waals surface area contributed by atoms with Gasteiger partial charge in [0.2, 0.25) is 5.91 Å². The van der Waals surface area contributed by atoms with Crippen molar-refractivity contribution >= 4 is 15.7 Å². The fourth-order valence-corrected chi connectivity index (χ4v) is 4.26. The van der Waals surface area contributed by atoms with Crippen molar-refractivity contribution in [2.45, 2.75) is 18.9 Å². The summed E-state index contributed by atoms with van der Waals surface area (Å²) in [4.78, 5) is 15.8. The van der Waals surface area contributed by atoms with Crippen LogP contribution in [0, 0.1) is 0 Å². The molecule has 0 atom stereocenters. The lowest BCUT2D eigenvalue weighted by molar-refractivity contribution is -0.137. The van der Waals surface area contributed by atoms with Crippen LogP contribution in [0.1, 0.15) is 12.8 Å². The van der Waals surface area contributed by atoms with Gasteiger partial charge in [-0.3, -0.25) is 9.69 Å². The number of piperazine rings is 1. The molecular weight excluding hydrogens is 268 g/mol. The van der Waals surface area contributed by atoms with E-state index in [1.54, 1.807) is 0 Å². The summed E-state index contributed by atoms with van der Waals surface area (Å²) in [5.41, 5.74) is 0. The Morgan fingerprint density at radius 3 is 2.26 bits per heavy atom. The highest BCUT2D eigenvalue weighted by molar-refractivity contribution is 7.91. The van der Waals surface area contributed by atoms with Gasteiger partial charge in [-0.2, -0.15) is 0 Å². The smallest absolute Gasteiger partial charge is 0.248 e. The monoisotopic (exact) mass is 290 g/mol. The van der Waals surface area contributed by atoms with Crippen molar-refractivity contribution in [2.24, 2.45) is 0 Å². The molecule has 110 valence electrons. The summed E-state index contributed by atoms with van der Waals surface area (Å²) in [5, 5.41) is 0. The number of methoxy groups -OCH3 is 1. The van der Waals surface area contributed by atoms with Gasteiger partial charge in [0.05, 0.1) is 11.5 Å². The Morgan fingerprint density at radius 2 is 1.74 bits per heavy atom. The second-order valence-corrected chi connectivity index (χ2v) is 7.54. The quantitative estimate of drug-likeness (QED) is 0.691. The number of nitrogens with zero attached hydrogens (tertiary/aromatic N) is 2. The van der Waals surface area contributed by atoms with Gasteiger partial charge in [-0.15, -0.1) is 0 Å². The predicted octanol–water partition coefficient (Wildman–Crippen LogP) is -0.646. The largest absolute Gasteiger partial charge is 0.375 e. The Labute approximate surface area is 114 Å². The zero-order chi connectivity index (χ0) is 13.9. The maximum Gasteiger partial charge on any atom is 0.248 e. The minimum absolute atomic E-state index is 0.0355. The number of amides is 1. The number of hydrogen-bond acceptors (Lipinski definition) is 5. The predicted molar refractivity (Wildman–Crippen MR) is 71.7 cm³/mol. The minimum atomic E-state index is -2.79. The van der Waals surface area contributed by atoms with Crippen LogP contribution in [0.3, 0.4) is 0 Å². The van der Waals surface area contributed by atoms with Crippen molar-refractivity contribution in [1.82, 2.24) is 9.80 Å². The number of hydrogen-bond donors (Lipinski definition) is 0. The highest BCUT2D eigenvalue weighted by Crippen LogP contribution is 2.19. The van der Waals surface area contributed by atoms with E-state index in [9.17, 15) is 13.2 Å². The summed E-state index contributed by atoms with van der Waals surface area (Å²) in [6, 6.07) is 0.364. The lowest BCUT2D eigenvalue weighted by atomic mass is 10.1. The fourth-order valence-electron chi connectivity index (χ4n) is 2.79. The zero-order valence-corrected chi connectivity index (χ0v) is 12.2. The summed E-state index contributed by atoms with van der Waals surface area (Å²) >= 11 is 0. The van der Waals surface area contributed by atoms with Crippen LogP contribution in [0.5, 0.6) is 0 Å². The molecule has 2 rings (SSSR count). The first-order chi connectivity index (χ1) is 9.02. The molecule has 2 aliphatic heterocycles. The molecule has 2 fully saturated rings. The molecule has 1 amide bonds. The number of sulfone groups is 1. The molecule has 0 saturated carbocycles. The molecule has 2 saturated heterocycles. The molecule has 2 aliphatic rings. The summed E-state index contributed by atoms with van der Waals surface area (Å²) in [6.07, 6.45) is 1.46. The number of ether oxygens (including phenoxy) is 1. The van der Waals surface area contributed by atoms with E-state index in [1.807, 2.05) is 4.90 Å². The first-order valence-electron chi connectivity index (χ1n) is 6.73. The van der Waals surface area contributed by atoms with Crippen LogP contribution in [-0.4, -0.2) is 81.6 Å². The standard InChI is InChI=1S/C12H22N2O4S/c1-18-10-12(15)14-6-4-13(5-7-14)11-2-8-19(16,17)9-3-11/h11H,2-10H2,1H3. The van der Waals surface area contributed by atoms with Crippen molar-refractivity contribution in [2.75, 3.05) is 51.4 Å². The third kappa shape index (κ3) is 3.90. The van der Waals surface area contributed by atoms with Crippen LogP contribution < -0.4 is 0 Å². The van der Waals surface area contributed by atoms with Gasteiger partial charge >= 0.3 is 0 Å². The molecular formula is C12H22N2O4S. The highest BCUT2D eigenvalue weighted by atomic mass is 32.2. The third-order valence-electron chi connectivity index (χ3n) is 3.98. The van der Waals surface area contributed by atoms with Crippen molar-refractivity contribution in [3.63, 3.8) is 0 Å². The van der Waals surface area contributed by atoms with Gasteiger partial charge in [-0.25, -0.2) is 8.42 Å². The third-order valence-corrected chi connectivity index (χ3v) is 5.69. The molecule has 6 nitrogen and oxygen atoms in total. The second-order valence-electron chi connectivity index (χ2n) is 5.23. The maximum absolute atomic E-state index is 11.7. The van der Waals surface area contributed by atoms with Crippen LogP contribution in [0.4, 0.5) is 0 Å². The zero-order valence-electron chi connectivity index (χ0n) is 11.4. The van der Waals surface area contributed by atoms with Crippen LogP contribution in [-0.2, 0) is 19.4 Å². The van der Waals surface area contributed by atoms with E-state index >= 15 is 0 Å². The first-order valence-corrected chi connectivity index (χ1v) is 8.55. The molecule has 0 bridgehead atoms. The molecule has 0 radical (unpaired) electrons. The van der Waals surface area contributed by atoms with Crippen molar-refractivity contribution in [1.29, 1.82) is 0 Å². The summed E-state index contributed by atoms with van der Waals surface area (Å²) in [6.45, 7) is 3.24. The van der Waals surface area contributed by atoms with E-state index in [4.69, 9.17) is 4.74 Å². The van der Waals surface area contributed by atoms with Gasteiger partial charge in [-0.1, -0.05) is 0 Å². The molecule has 0 N–H and O–H groups in total. The summed E-state index contributed by atoms with van der Waals surface area (Å²) < 4.78 is 27.7. The van der Waals surface area contributed by atoms with Crippen LogP contribution in [0.2, 0.25) is 0 Å². The maximum atomic E-state index is 11.7. The molecule has 0 aromatic heterocycles. The Hall–Kier alpha value is -0.660. The second kappa shape index (κ2) is 6.19.